The van der Waals surface area contributed by atoms with Crippen LogP contribution in [0.1, 0.15) is 25.0 Å². The van der Waals surface area contributed by atoms with Gasteiger partial charge >= 0.3 is 0 Å². The quantitative estimate of drug-likeness (QED) is 0.359. The molecule has 2 atom stereocenters. The van der Waals surface area contributed by atoms with Crippen LogP contribution in [0.4, 0.5) is 10.1 Å². The van der Waals surface area contributed by atoms with Crippen molar-refractivity contribution < 1.29 is 18.8 Å². The van der Waals surface area contributed by atoms with Crippen molar-refractivity contribution in [3.8, 4) is 5.75 Å². The zero-order chi connectivity index (χ0) is 23.4. The Morgan fingerprint density at radius 2 is 1.94 bits per heavy atom. The highest BCUT2D eigenvalue weighted by molar-refractivity contribution is 6.34. The lowest BCUT2D eigenvalue weighted by Crippen LogP contribution is -2.57. The molecule has 2 aromatic carbocycles. The first-order valence-corrected chi connectivity index (χ1v) is 10.6. The van der Waals surface area contributed by atoms with Gasteiger partial charge in [0.05, 0.1) is 12.0 Å². The minimum Gasteiger partial charge on any atom is -0.495 e. The molecule has 1 saturated heterocycles. The maximum absolute atomic E-state index is 13.2. The smallest absolute Gasteiger partial charge is 0.292 e. The van der Waals surface area contributed by atoms with E-state index in [9.17, 15) is 19.3 Å². The number of hydrogen-bond acceptors (Lipinski definition) is 5. The average molecular weight is 462 g/mol. The van der Waals surface area contributed by atoms with Gasteiger partial charge in [0.2, 0.25) is 5.91 Å². The number of hydrogen-bond donors (Lipinski definition) is 0. The van der Waals surface area contributed by atoms with E-state index >= 15 is 0 Å². The number of carbonyl (C=O) groups is 1. The summed E-state index contributed by atoms with van der Waals surface area (Å²) in [7, 11) is 1.37. The third kappa shape index (κ3) is 5.44. The zero-order valence-electron chi connectivity index (χ0n) is 18.1. The van der Waals surface area contributed by atoms with E-state index in [2.05, 4.69) is 4.90 Å². The number of nitro groups is 1. The van der Waals surface area contributed by atoms with Crippen molar-refractivity contribution in [1.29, 1.82) is 0 Å². The number of carbonyl (C=O) groups excluding carboxylic acids is 1. The lowest BCUT2D eigenvalue weighted by Gasteiger charge is -2.44. The second kappa shape index (κ2) is 10.1. The zero-order valence-corrected chi connectivity index (χ0v) is 18.9. The third-order valence-electron chi connectivity index (χ3n) is 5.57. The van der Waals surface area contributed by atoms with E-state index in [1.165, 1.54) is 37.5 Å². The fourth-order valence-corrected chi connectivity index (χ4v) is 4.05. The Kier molecular flexibility index (Phi) is 7.48. The van der Waals surface area contributed by atoms with Crippen molar-refractivity contribution >= 4 is 29.3 Å². The summed E-state index contributed by atoms with van der Waals surface area (Å²) < 4.78 is 18.3. The van der Waals surface area contributed by atoms with Gasteiger partial charge < -0.3 is 9.64 Å². The maximum Gasteiger partial charge on any atom is 0.292 e. The van der Waals surface area contributed by atoms with E-state index in [-0.39, 0.29) is 40.3 Å². The molecule has 0 unspecified atom stereocenters. The van der Waals surface area contributed by atoms with Crippen LogP contribution in [-0.2, 0) is 11.3 Å². The molecule has 0 N–H and O–H groups in total. The van der Waals surface area contributed by atoms with Crippen molar-refractivity contribution in [2.24, 2.45) is 0 Å². The molecule has 1 amide bonds. The van der Waals surface area contributed by atoms with E-state index in [1.807, 2.05) is 13.8 Å². The van der Waals surface area contributed by atoms with E-state index in [0.29, 0.717) is 25.2 Å². The summed E-state index contributed by atoms with van der Waals surface area (Å²) in [5, 5.41) is 11.1. The van der Waals surface area contributed by atoms with Crippen LogP contribution in [-0.4, -0.2) is 52.9 Å². The first-order chi connectivity index (χ1) is 15.2. The molecule has 3 rings (SSSR count). The van der Waals surface area contributed by atoms with Gasteiger partial charge in [-0.3, -0.25) is 19.8 Å². The summed E-state index contributed by atoms with van der Waals surface area (Å²) in [4.78, 5) is 27.5. The van der Waals surface area contributed by atoms with Crippen molar-refractivity contribution in [1.82, 2.24) is 9.80 Å². The molecule has 7 nitrogen and oxygen atoms in total. The molecule has 1 aliphatic heterocycles. The van der Waals surface area contributed by atoms with Gasteiger partial charge in [0.15, 0.2) is 5.02 Å². The lowest BCUT2D eigenvalue weighted by molar-refractivity contribution is -0.384. The average Bonchev–Trinajstić information content (AvgIpc) is 2.76. The van der Waals surface area contributed by atoms with E-state index in [4.69, 9.17) is 16.3 Å². The summed E-state index contributed by atoms with van der Waals surface area (Å²) in [5.74, 6) is -0.271. The molecule has 0 radical (unpaired) electrons. The van der Waals surface area contributed by atoms with Crippen LogP contribution in [0, 0.1) is 15.9 Å². The molecule has 32 heavy (non-hydrogen) atoms. The molecule has 0 spiro atoms. The van der Waals surface area contributed by atoms with Crippen LogP contribution < -0.4 is 4.74 Å². The van der Waals surface area contributed by atoms with Gasteiger partial charge in [0.1, 0.15) is 11.6 Å². The highest BCUT2D eigenvalue weighted by Gasteiger charge is 2.31. The molecule has 2 aromatic rings. The number of nitrogens with zero attached hydrogens (tertiary/aromatic N) is 3. The molecule has 0 saturated carbocycles. The number of halogens is 2. The van der Waals surface area contributed by atoms with E-state index in [1.54, 1.807) is 23.1 Å². The number of nitro benzene ring substituents is 1. The molecule has 170 valence electrons. The van der Waals surface area contributed by atoms with Crippen LogP contribution in [0.3, 0.4) is 0 Å². The first kappa shape index (κ1) is 23.7. The molecule has 0 aliphatic carbocycles. The van der Waals surface area contributed by atoms with Gasteiger partial charge in [0, 0.05) is 43.9 Å². The Morgan fingerprint density at radius 1 is 1.25 bits per heavy atom. The van der Waals surface area contributed by atoms with Gasteiger partial charge in [-0.1, -0.05) is 23.7 Å². The van der Waals surface area contributed by atoms with Crippen LogP contribution in [0.2, 0.25) is 5.02 Å². The third-order valence-corrected chi connectivity index (χ3v) is 5.95. The molecule has 9 heteroatoms. The Balaban J connectivity index is 1.69. The number of benzene rings is 2. The van der Waals surface area contributed by atoms with E-state index < -0.39 is 4.92 Å². The second-order valence-corrected chi connectivity index (χ2v) is 8.27. The normalized spacial score (nSPS) is 19.3. The monoisotopic (exact) mass is 461 g/mol. The fraction of sp³-hybridized carbons (Fsp3) is 0.348. The predicted molar refractivity (Wildman–Crippen MR) is 121 cm³/mol. The lowest BCUT2D eigenvalue weighted by atomic mass is 10.1. The summed E-state index contributed by atoms with van der Waals surface area (Å²) >= 11 is 5.99. The molecular formula is C23H25ClFN3O4. The van der Waals surface area contributed by atoms with Gasteiger partial charge in [-0.15, -0.1) is 0 Å². The topological polar surface area (TPSA) is 75.9 Å². The number of amides is 1. The predicted octanol–water partition coefficient (Wildman–Crippen LogP) is 4.53. The molecule has 1 fully saturated rings. The Hall–Kier alpha value is -2.97. The number of rotatable bonds is 6. The molecular weight excluding hydrogens is 437 g/mol. The van der Waals surface area contributed by atoms with Gasteiger partial charge in [-0.2, -0.15) is 0 Å². The minimum atomic E-state index is -0.589. The highest BCUT2D eigenvalue weighted by atomic mass is 35.5. The standard InChI is InChI=1S/C23H25ClFN3O4/c1-15-13-27(16(2)12-26(15)14-17-4-7-19(25)8-5-17)22(29)9-6-18-10-20(28(30)31)23(24)21(11-18)32-3/h4-11,15-16H,12-14H2,1-3H3/t15-,16+/m0/s1. The SMILES string of the molecule is COc1cc(C=CC(=O)N2C[C@H](C)N(Cc3ccc(F)cc3)C[C@H]2C)cc([N+](=O)[O-])c1Cl. The number of piperazine rings is 1. The molecule has 0 bridgehead atoms. The fourth-order valence-electron chi connectivity index (χ4n) is 3.79. The minimum absolute atomic E-state index is 0.0297. The first-order valence-electron chi connectivity index (χ1n) is 10.2. The van der Waals surface area contributed by atoms with Gasteiger partial charge in [0.25, 0.3) is 5.69 Å². The maximum atomic E-state index is 13.2. The summed E-state index contributed by atoms with van der Waals surface area (Å²) in [6.07, 6.45) is 2.93. The van der Waals surface area contributed by atoms with Crippen molar-refractivity contribution in [3.63, 3.8) is 0 Å². The van der Waals surface area contributed by atoms with Gasteiger partial charge in [-0.25, -0.2) is 4.39 Å². The van der Waals surface area contributed by atoms with Crippen LogP contribution in [0.5, 0.6) is 5.75 Å². The summed E-state index contributed by atoms with van der Waals surface area (Å²) in [6, 6.07) is 9.38. The Morgan fingerprint density at radius 3 is 2.56 bits per heavy atom. The van der Waals surface area contributed by atoms with Crippen molar-refractivity contribution in [2.45, 2.75) is 32.5 Å². The molecule has 1 heterocycles. The van der Waals surface area contributed by atoms with Crippen LogP contribution >= 0.6 is 11.6 Å². The Bertz CT molecular complexity index is 1030. The van der Waals surface area contributed by atoms with E-state index in [0.717, 1.165) is 5.56 Å². The molecule has 1 aliphatic rings. The summed E-state index contributed by atoms with van der Waals surface area (Å²) in [5.41, 5.74) is 1.18. The second-order valence-electron chi connectivity index (χ2n) is 7.89. The largest absolute Gasteiger partial charge is 0.495 e. The van der Waals surface area contributed by atoms with Crippen LogP contribution in [0.15, 0.2) is 42.5 Å². The van der Waals surface area contributed by atoms with Crippen LogP contribution in [0.25, 0.3) is 6.08 Å². The highest BCUT2D eigenvalue weighted by Crippen LogP contribution is 2.35. The number of methoxy groups -OCH3 is 1. The Labute approximate surface area is 191 Å². The molecule has 0 aromatic heterocycles. The van der Waals surface area contributed by atoms with Crippen molar-refractivity contribution in [3.05, 3.63) is 74.6 Å². The number of ether oxygens (including phenoxy) is 1. The van der Waals surface area contributed by atoms with Gasteiger partial charge in [-0.05, 0) is 49.2 Å². The van der Waals surface area contributed by atoms with Crippen molar-refractivity contribution in [2.75, 3.05) is 20.2 Å². The summed E-state index contributed by atoms with van der Waals surface area (Å²) in [6.45, 7) is 5.92.